The van der Waals surface area contributed by atoms with Crippen LogP contribution in [0.5, 0.6) is 0 Å². The number of hydrogen-bond donors (Lipinski definition) is 1. The first kappa shape index (κ1) is 16.0. The van der Waals surface area contributed by atoms with Gasteiger partial charge in [-0.3, -0.25) is 0 Å². The van der Waals surface area contributed by atoms with Crippen molar-refractivity contribution in [2.24, 2.45) is 0 Å². The summed E-state index contributed by atoms with van der Waals surface area (Å²) in [4.78, 5) is -0.114. The molecule has 0 heterocycles. The highest BCUT2D eigenvalue weighted by Gasteiger charge is 2.37. The topological polar surface area (TPSA) is 29.1 Å². The van der Waals surface area contributed by atoms with Crippen LogP contribution < -0.4 is 4.72 Å². The molecule has 0 aliphatic heterocycles. The molecule has 1 rings (SSSR count). The average molecular weight is 301 g/mol. The van der Waals surface area contributed by atoms with Gasteiger partial charge in [0.1, 0.15) is 17.0 Å². The van der Waals surface area contributed by atoms with Crippen molar-refractivity contribution in [1.29, 1.82) is 0 Å². The van der Waals surface area contributed by atoms with Gasteiger partial charge in [-0.1, -0.05) is 6.07 Å². The Morgan fingerprint density at radius 1 is 1.26 bits per heavy atom. The van der Waals surface area contributed by atoms with Crippen LogP contribution in [-0.4, -0.2) is 16.4 Å². The van der Waals surface area contributed by atoms with Gasteiger partial charge < -0.3 is 0 Å². The summed E-state index contributed by atoms with van der Waals surface area (Å²) in [6, 6.07) is 1.51. The summed E-state index contributed by atoms with van der Waals surface area (Å²) in [6.45, 7) is 2.25. The van der Waals surface area contributed by atoms with Crippen LogP contribution in [0, 0.1) is 6.92 Å². The van der Waals surface area contributed by atoms with Crippen molar-refractivity contribution >= 4 is 11.0 Å². The standard InChI is InChI=1S/C11H12F5NOS/c1-6-3-4-8(5-9(6)10(12)13)19(18)17-7(2)11(14,15)16/h3-5,7,10,17H,1-2H3/t7-,19?/m0/s1. The van der Waals surface area contributed by atoms with E-state index in [1.54, 1.807) is 0 Å². The number of hydrogen-bond acceptors (Lipinski definition) is 1. The lowest BCUT2D eigenvalue weighted by molar-refractivity contribution is -0.146. The van der Waals surface area contributed by atoms with E-state index in [1.807, 2.05) is 4.72 Å². The molecule has 0 saturated heterocycles. The number of rotatable bonds is 4. The van der Waals surface area contributed by atoms with Gasteiger partial charge in [0.15, 0.2) is 0 Å². The minimum Gasteiger partial charge on any atom is -0.237 e. The molecule has 0 aromatic heterocycles. The van der Waals surface area contributed by atoms with Crippen LogP contribution in [0.4, 0.5) is 22.0 Å². The number of alkyl halides is 5. The SMILES string of the molecule is Cc1ccc(S(=O)N[C@@H](C)C(F)(F)F)cc1C(F)F. The van der Waals surface area contributed by atoms with Gasteiger partial charge in [0.05, 0.1) is 4.90 Å². The molecule has 1 N–H and O–H groups in total. The molecule has 0 bridgehead atoms. The van der Waals surface area contributed by atoms with Crippen molar-refractivity contribution in [3.63, 3.8) is 0 Å². The Labute approximate surface area is 109 Å². The molecule has 1 unspecified atom stereocenters. The Balaban J connectivity index is 2.92. The van der Waals surface area contributed by atoms with Gasteiger partial charge in [-0.15, -0.1) is 0 Å². The van der Waals surface area contributed by atoms with Crippen molar-refractivity contribution in [2.45, 2.75) is 37.4 Å². The Kier molecular flexibility index (Phi) is 5.03. The molecule has 0 fully saturated rings. The highest BCUT2D eigenvalue weighted by atomic mass is 32.2. The smallest absolute Gasteiger partial charge is 0.237 e. The fraction of sp³-hybridized carbons (Fsp3) is 0.455. The maximum Gasteiger partial charge on any atom is 0.404 e. The Bertz CT molecular complexity index is 475. The summed E-state index contributed by atoms with van der Waals surface area (Å²) in [5.41, 5.74) is -0.0491. The summed E-state index contributed by atoms with van der Waals surface area (Å²) in [5, 5.41) is 0. The van der Waals surface area contributed by atoms with E-state index in [4.69, 9.17) is 0 Å². The van der Waals surface area contributed by atoms with E-state index in [-0.39, 0.29) is 10.5 Å². The van der Waals surface area contributed by atoms with E-state index >= 15 is 0 Å². The van der Waals surface area contributed by atoms with Gasteiger partial charge in [0.2, 0.25) is 0 Å². The quantitative estimate of drug-likeness (QED) is 0.847. The third-order valence-corrected chi connectivity index (χ3v) is 3.72. The fourth-order valence-electron chi connectivity index (χ4n) is 1.26. The van der Waals surface area contributed by atoms with Gasteiger partial charge in [-0.25, -0.2) is 17.7 Å². The lowest BCUT2D eigenvalue weighted by Crippen LogP contribution is -2.40. The molecule has 1 aromatic carbocycles. The van der Waals surface area contributed by atoms with E-state index in [2.05, 4.69) is 0 Å². The molecular weight excluding hydrogens is 289 g/mol. The van der Waals surface area contributed by atoms with Crippen LogP contribution in [-0.2, 0) is 11.0 Å². The van der Waals surface area contributed by atoms with E-state index in [1.165, 1.54) is 19.1 Å². The number of nitrogens with one attached hydrogen (secondary N) is 1. The van der Waals surface area contributed by atoms with Crippen molar-refractivity contribution in [1.82, 2.24) is 4.72 Å². The second-order valence-electron chi connectivity index (χ2n) is 3.97. The Morgan fingerprint density at radius 3 is 2.32 bits per heavy atom. The molecule has 0 radical (unpaired) electrons. The lowest BCUT2D eigenvalue weighted by atomic mass is 10.1. The van der Waals surface area contributed by atoms with Crippen molar-refractivity contribution in [3.8, 4) is 0 Å². The van der Waals surface area contributed by atoms with Gasteiger partial charge in [0.25, 0.3) is 6.43 Å². The summed E-state index contributed by atoms with van der Waals surface area (Å²) < 4.78 is 75.6. The molecule has 0 spiro atoms. The third-order valence-electron chi connectivity index (χ3n) is 2.47. The second kappa shape index (κ2) is 5.96. The molecule has 8 heteroatoms. The van der Waals surface area contributed by atoms with Crippen LogP contribution in [0.15, 0.2) is 23.1 Å². The molecular formula is C11H12F5NOS. The summed E-state index contributed by atoms with van der Waals surface area (Å²) >= 11 is 0. The second-order valence-corrected chi connectivity index (χ2v) is 5.21. The van der Waals surface area contributed by atoms with E-state index in [9.17, 15) is 26.2 Å². The highest BCUT2D eigenvalue weighted by molar-refractivity contribution is 7.83. The first-order chi connectivity index (χ1) is 8.62. The molecule has 0 amide bonds. The maximum absolute atomic E-state index is 12.6. The number of aryl methyl sites for hydroxylation is 1. The number of halogens is 5. The van der Waals surface area contributed by atoms with Gasteiger partial charge in [0, 0.05) is 5.56 Å². The summed E-state index contributed by atoms with van der Waals surface area (Å²) in [6.07, 6.45) is -7.32. The van der Waals surface area contributed by atoms with Gasteiger partial charge in [-0.2, -0.15) is 13.2 Å². The van der Waals surface area contributed by atoms with Crippen molar-refractivity contribution < 1.29 is 26.2 Å². The van der Waals surface area contributed by atoms with Crippen molar-refractivity contribution in [2.75, 3.05) is 0 Å². The molecule has 0 aliphatic rings. The maximum atomic E-state index is 12.6. The fourth-order valence-corrected chi connectivity index (χ4v) is 2.28. The van der Waals surface area contributed by atoms with Crippen LogP contribution in [0.1, 0.15) is 24.5 Å². The average Bonchev–Trinajstić information content (AvgIpc) is 2.27. The highest BCUT2D eigenvalue weighted by Crippen LogP contribution is 2.25. The predicted octanol–water partition coefficient (Wildman–Crippen LogP) is 3.50. The first-order valence-corrected chi connectivity index (χ1v) is 6.41. The van der Waals surface area contributed by atoms with Crippen LogP contribution in [0.3, 0.4) is 0 Å². The lowest BCUT2D eigenvalue weighted by Gasteiger charge is -2.17. The molecule has 0 saturated carbocycles. The summed E-state index contributed by atoms with van der Waals surface area (Å²) in [7, 11) is -2.20. The molecule has 108 valence electrons. The normalized spacial score (nSPS) is 15.6. The van der Waals surface area contributed by atoms with Crippen LogP contribution in [0.25, 0.3) is 0 Å². The van der Waals surface area contributed by atoms with Gasteiger partial charge in [-0.05, 0) is 31.5 Å². The minimum absolute atomic E-state index is 0.114. The largest absolute Gasteiger partial charge is 0.404 e. The molecule has 0 aliphatic carbocycles. The summed E-state index contributed by atoms with van der Waals surface area (Å²) in [5.74, 6) is 0. The molecule has 1 aromatic rings. The van der Waals surface area contributed by atoms with Gasteiger partial charge >= 0.3 is 6.18 Å². The predicted molar refractivity (Wildman–Crippen MR) is 61.2 cm³/mol. The number of benzene rings is 1. The Hall–Kier alpha value is -1.02. The molecule has 2 atom stereocenters. The zero-order valence-electron chi connectivity index (χ0n) is 10.1. The monoisotopic (exact) mass is 301 g/mol. The zero-order chi connectivity index (χ0) is 14.8. The molecule has 19 heavy (non-hydrogen) atoms. The third kappa shape index (κ3) is 4.24. The molecule has 2 nitrogen and oxygen atoms in total. The van der Waals surface area contributed by atoms with E-state index in [0.29, 0.717) is 5.56 Å². The van der Waals surface area contributed by atoms with Crippen LogP contribution in [0.2, 0.25) is 0 Å². The van der Waals surface area contributed by atoms with Crippen LogP contribution >= 0.6 is 0 Å². The van der Waals surface area contributed by atoms with E-state index < -0.39 is 29.6 Å². The van der Waals surface area contributed by atoms with Crippen molar-refractivity contribution in [3.05, 3.63) is 29.3 Å². The first-order valence-electron chi connectivity index (χ1n) is 5.26. The minimum atomic E-state index is -4.55. The van der Waals surface area contributed by atoms with E-state index in [0.717, 1.165) is 13.0 Å². The Morgan fingerprint density at radius 2 is 1.84 bits per heavy atom. The zero-order valence-corrected chi connectivity index (χ0v) is 10.9.